The second-order valence-corrected chi connectivity index (χ2v) is 7.46. The third-order valence-corrected chi connectivity index (χ3v) is 5.62. The average molecular weight is 322 g/mol. The molecule has 1 saturated heterocycles. The van der Waals surface area contributed by atoms with Crippen molar-refractivity contribution in [3.05, 3.63) is 30.4 Å². The number of hydrogen-bond donors (Lipinski definition) is 0. The summed E-state index contributed by atoms with van der Waals surface area (Å²) in [5, 5.41) is 3.94. The summed E-state index contributed by atoms with van der Waals surface area (Å²) >= 11 is 0. The molecule has 0 aromatic carbocycles. The van der Waals surface area contributed by atoms with Crippen molar-refractivity contribution in [1.29, 1.82) is 0 Å². The minimum Gasteiger partial charge on any atom is -0.339 e. The van der Waals surface area contributed by atoms with Gasteiger partial charge >= 0.3 is 0 Å². The van der Waals surface area contributed by atoms with Gasteiger partial charge in [0, 0.05) is 31.0 Å². The topological polar surface area (TPSA) is 89.2 Å². The van der Waals surface area contributed by atoms with Crippen molar-refractivity contribution in [1.82, 2.24) is 19.4 Å². The minimum atomic E-state index is -3.14. The fourth-order valence-corrected chi connectivity index (χ4v) is 4.02. The van der Waals surface area contributed by atoms with Gasteiger partial charge in [-0.05, 0) is 18.6 Å². The molecule has 2 aromatic rings. The Morgan fingerprint density at radius 1 is 1.32 bits per heavy atom. The van der Waals surface area contributed by atoms with Gasteiger partial charge in [-0.15, -0.1) is 0 Å². The lowest BCUT2D eigenvalue weighted by Gasteiger charge is -2.35. The van der Waals surface area contributed by atoms with Gasteiger partial charge < -0.3 is 4.52 Å². The summed E-state index contributed by atoms with van der Waals surface area (Å²) in [5.41, 5.74) is 0.830. The van der Waals surface area contributed by atoms with Crippen LogP contribution in [-0.2, 0) is 10.0 Å². The predicted octanol–water partition coefficient (Wildman–Crippen LogP) is 1.66. The lowest BCUT2D eigenvalue weighted by Crippen LogP contribution is -2.49. The van der Waals surface area contributed by atoms with E-state index < -0.39 is 10.0 Å². The molecule has 0 N–H and O–H groups in total. The van der Waals surface area contributed by atoms with Crippen molar-refractivity contribution in [2.45, 2.75) is 25.7 Å². The van der Waals surface area contributed by atoms with Gasteiger partial charge in [0.2, 0.25) is 21.7 Å². The Morgan fingerprint density at radius 2 is 2.05 bits per heavy atom. The molecule has 0 atom stereocenters. The maximum Gasteiger partial charge on any atom is 0.232 e. The normalized spacial score (nSPS) is 16.6. The van der Waals surface area contributed by atoms with Crippen molar-refractivity contribution < 1.29 is 12.9 Å². The van der Waals surface area contributed by atoms with Crippen molar-refractivity contribution in [2.24, 2.45) is 0 Å². The summed E-state index contributed by atoms with van der Waals surface area (Å²) < 4.78 is 30.8. The summed E-state index contributed by atoms with van der Waals surface area (Å²) in [6.07, 6.45) is 4.89. The van der Waals surface area contributed by atoms with Crippen molar-refractivity contribution >= 4 is 10.0 Å². The third-order valence-electron chi connectivity index (χ3n) is 3.73. The molecule has 3 rings (SSSR count). The number of rotatable bonds is 6. The molecule has 0 saturated carbocycles. The van der Waals surface area contributed by atoms with Crippen LogP contribution in [0.3, 0.4) is 0 Å². The SMILES string of the molecule is CCCCS(=O)(=O)N1CC(c2nc(-c3ccncc3)no2)C1. The number of pyridine rings is 1. The van der Waals surface area contributed by atoms with Crippen LogP contribution in [0.1, 0.15) is 31.6 Å². The van der Waals surface area contributed by atoms with Gasteiger partial charge in [0.1, 0.15) is 0 Å². The van der Waals surface area contributed by atoms with Crippen LogP contribution >= 0.6 is 0 Å². The fourth-order valence-electron chi connectivity index (χ4n) is 2.30. The molecule has 8 heteroatoms. The van der Waals surface area contributed by atoms with Crippen molar-refractivity contribution in [2.75, 3.05) is 18.8 Å². The maximum atomic E-state index is 12.0. The van der Waals surface area contributed by atoms with Crippen LogP contribution in [0.4, 0.5) is 0 Å². The Hall–Kier alpha value is -1.80. The van der Waals surface area contributed by atoms with Crippen LogP contribution in [0.25, 0.3) is 11.4 Å². The smallest absolute Gasteiger partial charge is 0.232 e. The largest absolute Gasteiger partial charge is 0.339 e. The van der Waals surface area contributed by atoms with E-state index in [0.717, 1.165) is 12.0 Å². The molecule has 0 amide bonds. The summed E-state index contributed by atoms with van der Waals surface area (Å²) in [5.74, 6) is 1.19. The van der Waals surface area contributed by atoms with Gasteiger partial charge in [-0.25, -0.2) is 12.7 Å². The van der Waals surface area contributed by atoms with Gasteiger partial charge in [0.25, 0.3) is 0 Å². The molecule has 1 aliphatic rings. The molecule has 0 radical (unpaired) electrons. The van der Waals surface area contributed by atoms with Crippen molar-refractivity contribution in [3.8, 4) is 11.4 Å². The van der Waals surface area contributed by atoms with Crippen LogP contribution in [0.15, 0.2) is 29.0 Å². The molecule has 7 nitrogen and oxygen atoms in total. The van der Waals surface area contributed by atoms with Gasteiger partial charge in [0.15, 0.2) is 0 Å². The van der Waals surface area contributed by atoms with Gasteiger partial charge in [-0.1, -0.05) is 18.5 Å². The number of aromatic nitrogens is 3. The molecule has 0 bridgehead atoms. The third kappa shape index (κ3) is 3.02. The summed E-state index contributed by atoms with van der Waals surface area (Å²) in [6, 6.07) is 3.60. The first-order valence-electron chi connectivity index (χ1n) is 7.32. The molecule has 3 heterocycles. The highest BCUT2D eigenvalue weighted by Gasteiger charge is 2.39. The maximum absolute atomic E-state index is 12.0. The molecular formula is C14H18N4O3S. The predicted molar refractivity (Wildman–Crippen MR) is 80.5 cm³/mol. The molecule has 1 fully saturated rings. The van der Waals surface area contributed by atoms with E-state index >= 15 is 0 Å². The Labute approximate surface area is 129 Å². The number of nitrogens with zero attached hydrogens (tertiary/aromatic N) is 4. The first-order chi connectivity index (χ1) is 10.6. The van der Waals surface area contributed by atoms with E-state index in [1.165, 1.54) is 4.31 Å². The second-order valence-electron chi connectivity index (χ2n) is 5.38. The Kier molecular flexibility index (Phi) is 4.21. The summed E-state index contributed by atoms with van der Waals surface area (Å²) in [6.45, 7) is 2.82. The standard InChI is InChI=1S/C14H18N4O3S/c1-2-3-8-22(19,20)18-9-12(10-18)14-16-13(17-21-14)11-4-6-15-7-5-11/h4-7,12H,2-3,8-10H2,1H3. The summed E-state index contributed by atoms with van der Waals surface area (Å²) in [7, 11) is -3.14. The van der Waals surface area contributed by atoms with E-state index in [9.17, 15) is 8.42 Å². The first-order valence-corrected chi connectivity index (χ1v) is 8.93. The van der Waals surface area contributed by atoms with Gasteiger partial charge in [-0.3, -0.25) is 4.98 Å². The highest BCUT2D eigenvalue weighted by molar-refractivity contribution is 7.89. The molecule has 2 aromatic heterocycles. The van der Waals surface area contributed by atoms with Crippen LogP contribution in [-0.4, -0.2) is 46.7 Å². The highest BCUT2D eigenvalue weighted by atomic mass is 32.2. The zero-order valence-corrected chi connectivity index (χ0v) is 13.2. The van der Waals surface area contributed by atoms with Crippen LogP contribution in [0, 0.1) is 0 Å². The molecule has 118 valence electrons. The zero-order chi connectivity index (χ0) is 15.6. The Balaban J connectivity index is 1.63. The summed E-state index contributed by atoms with van der Waals surface area (Å²) in [4.78, 5) is 8.30. The molecular weight excluding hydrogens is 304 g/mol. The van der Waals surface area contributed by atoms with E-state index in [1.54, 1.807) is 24.5 Å². The fraction of sp³-hybridized carbons (Fsp3) is 0.500. The number of hydrogen-bond acceptors (Lipinski definition) is 6. The quantitative estimate of drug-likeness (QED) is 0.803. The minimum absolute atomic E-state index is 0.0144. The zero-order valence-electron chi connectivity index (χ0n) is 12.3. The molecule has 0 spiro atoms. The van der Waals surface area contributed by atoms with Crippen molar-refractivity contribution in [3.63, 3.8) is 0 Å². The molecule has 22 heavy (non-hydrogen) atoms. The highest BCUT2D eigenvalue weighted by Crippen LogP contribution is 2.29. The van der Waals surface area contributed by atoms with Crippen LogP contribution < -0.4 is 0 Å². The van der Waals surface area contributed by atoms with Gasteiger partial charge in [-0.2, -0.15) is 4.98 Å². The average Bonchev–Trinajstić information content (AvgIpc) is 2.94. The molecule has 1 aliphatic heterocycles. The first kappa shape index (κ1) is 15.1. The number of sulfonamides is 1. The van der Waals surface area contributed by atoms with E-state index in [2.05, 4.69) is 15.1 Å². The van der Waals surface area contributed by atoms with E-state index in [4.69, 9.17) is 4.52 Å². The molecule has 0 aliphatic carbocycles. The van der Waals surface area contributed by atoms with E-state index in [-0.39, 0.29) is 11.7 Å². The lowest BCUT2D eigenvalue weighted by atomic mass is 10.0. The Morgan fingerprint density at radius 3 is 2.73 bits per heavy atom. The second kappa shape index (κ2) is 6.13. The monoisotopic (exact) mass is 322 g/mol. The van der Waals surface area contributed by atoms with E-state index in [1.807, 2.05) is 6.92 Å². The van der Waals surface area contributed by atoms with Crippen LogP contribution in [0.5, 0.6) is 0 Å². The van der Waals surface area contributed by atoms with Crippen LogP contribution in [0.2, 0.25) is 0 Å². The van der Waals surface area contributed by atoms with Gasteiger partial charge in [0.05, 0.1) is 11.7 Å². The van der Waals surface area contributed by atoms with E-state index in [0.29, 0.717) is 31.2 Å². The Bertz CT molecular complexity index is 724. The number of unbranched alkanes of at least 4 members (excludes halogenated alkanes) is 1. The lowest BCUT2D eigenvalue weighted by molar-refractivity contribution is 0.216. The molecule has 0 unspecified atom stereocenters.